The Morgan fingerprint density at radius 1 is 0.931 bits per heavy atom. The molecule has 146 valence electrons. The maximum atomic E-state index is 12.8. The number of hydrogen-bond acceptors (Lipinski definition) is 5. The molecule has 0 radical (unpaired) electrons. The number of nitrogens with zero attached hydrogens (tertiary/aromatic N) is 1. The Hall–Kier alpha value is -3.80. The van der Waals surface area contributed by atoms with Crippen LogP contribution in [0.2, 0.25) is 0 Å². The van der Waals surface area contributed by atoms with Gasteiger partial charge in [-0.3, -0.25) is 4.79 Å². The molecule has 0 spiro atoms. The third-order valence-electron chi connectivity index (χ3n) is 4.52. The molecule has 1 heterocycles. The molecule has 0 aromatic heterocycles. The highest BCUT2D eigenvalue weighted by molar-refractivity contribution is 5.85. The number of amides is 1. The molecule has 0 saturated carbocycles. The molecule has 1 N–H and O–H groups in total. The van der Waals surface area contributed by atoms with Crippen LogP contribution in [-0.4, -0.2) is 25.3 Å². The summed E-state index contributed by atoms with van der Waals surface area (Å²) >= 11 is 0. The summed E-state index contributed by atoms with van der Waals surface area (Å²) in [4.78, 5) is 12.8. The van der Waals surface area contributed by atoms with Crippen molar-refractivity contribution in [3.05, 3.63) is 90.0 Å². The number of para-hydroxylation sites is 2. The summed E-state index contributed by atoms with van der Waals surface area (Å²) in [6, 6.07) is 24.2. The molecular weight excluding hydrogens is 368 g/mol. The molecule has 0 saturated heterocycles. The molecule has 2 atom stereocenters. The summed E-state index contributed by atoms with van der Waals surface area (Å²) in [7, 11) is 1.61. The minimum absolute atomic E-state index is 0.391. The molecule has 0 aliphatic carbocycles. The van der Waals surface area contributed by atoms with E-state index in [1.54, 1.807) is 19.4 Å². The standard InChI is InChI=1S/C23H20N2O4/c1-27-18-13-11-16(12-14-18)15-24-25-23(26)22-21(17-7-3-2-4-8-17)28-19-9-5-6-10-20(19)29-22/h2-15,21-22H,1H3,(H,25,26)/b24-15-/t21-,22+/m1/s1. The van der Waals surface area contributed by atoms with Gasteiger partial charge in [0.25, 0.3) is 5.91 Å². The van der Waals surface area contributed by atoms with Crippen molar-refractivity contribution < 1.29 is 19.0 Å². The van der Waals surface area contributed by atoms with E-state index in [2.05, 4.69) is 10.5 Å². The van der Waals surface area contributed by atoms with Crippen molar-refractivity contribution in [2.24, 2.45) is 5.10 Å². The van der Waals surface area contributed by atoms with Crippen LogP contribution in [0.4, 0.5) is 0 Å². The molecule has 3 aromatic carbocycles. The number of methoxy groups -OCH3 is 1. The lowest BCUT2D eigenvalue weighted by Gasteiger charge is -2.32. The van der Waals surface area contributed by atoms with Gasteiger partial charge in [-0.2, -0.15) is 5.10 Å². The zero-order chi connectivity index (χ0) is 20.1. The number of fused-ring (bicyclic) bond motifs is 1. The highest BCUT2D eigenvalue weighted by Gasteiger charge is 2.38. The number of carbonyl (C=O) groups excluding carboxylic acids is 1. The quantitative estimate of drug-likeness (QED) is 0.534. The van der Waals surface area contributed by atoms with E-state index in [9.17, 15) is 4.79 Å². The number of benzene rings is 3. The van der Waals surface area contributed by atoms with Gasteiger partial charge in [0.15, 0.2) is 17.6 Å². The van der Waals surface area contributed by atoms with Crippen LogP contribution in [-0.2, 0) is 4.79 Å². The summed E-state index contributed by atoms with van der Waals surface area (Å²) < 4.78 is 17.2. The smallest absolute Gasteiger partial charge is 0.285 e. The van der Waals surface area contributed by atoms with Crippen molar-refractivity contribution >= 4 is 12.1 Å². The Morgan fingerprint density at radius 2 is 1.59 bits per heavy atom. The predicted molar refractivity (Wildman–Crippen MR) is 109 cm³/mol. The van der Waals surface area contributed by atoms with Gasteiger partial charge in [-0.15, -0.1) is 0 Å². The first-order chi connectivity index (χ1) is 14.2. The molecular formula is C23H20N2O4. The van der Waals surface area contributed by atoms with Crippen LogP contribution in [0.5, 0.6) is 17.2 Å². The molecule has 29 heavy (non-hydrogen) atoms. The molecule has 3 aromatic rings. The molecule has 1 aliphatic heterocycles. The molecule has 1 aliphatic rings. The van der Waals surface area contributed by atoms with Gasteiger partial charge in [0.1, 0.15) is 5.75 Å². The third kappa shape index (κ3) is 4.21. The number of ether oxygens (including phenoxy) is 3. The molecule has 1 amide bonds. The minimum atomic E-state index is -0.875. The zero-order valence-corrected chi connectivity index (χ0v) is 15.8. The molecule has 0 fully saturated rings. The van der Waals surface area contributed by atoms with Gasteiger partial charge in [0.05, 0.1) is 13.3 Å². The average Bonchev–Trinajstić information content (AvgIpc) is 2.79. The van der Waals surface area contributed by atoms with Crippen molar-refractivity contribution in [2.75, 3.05) is 7.11 Å². The summed E-state index contributed by atoms with van der Waals surface area (Å²) in [5, 5.41) is 4.06. The van der Waals surface area contributed by atoms with Crippen molar-refractivity contribution in [3.8, 4) is 17.2 Å². The summed E-state index contributed by atoms with van der Waals surface area (Å²) in [6.07, 6.45) is 0.106. The van der Waals surface area contributed by atoms with E-state index in [1.807, 2.05) is 72.8 Å². The average molecular weight is 388 g/mol. The number of rotatable bonds is 5. The van der Waals surface area contributed by atoms with Gasteiger partial charge in [-0.1, -0.05) is 42.5 Å². The number of hydrazone groups is 1. The van der Waals surface area contributed by atoms with Crippen LogP contribution in [0.15, 0.2) is 84.0 Å². The highest BCUT2D eigenvalue weighted by Crippen LogP contribution is 2.39. The maximum Gasteiger partial charge on any atom is 0.285 e. The Balaban J connectivity index is 1.52. The summed E-state index contributed by atoms with van der Waals surface area (Å²) in [5.41, 5.74) is 4.23. The van der Waals surface area contributed by atoms with Crippen molar-refractivity contribution in [1.82, 2.24) is 5.43 Å². The molecule has 6 nitrogen and oxygen atoms in total. The van der Waals surface area contributed by atoms with Crippen LogP contribution in [0, 0.1) is 0 Å². The fraction of sp³-hybridized carbons (Fsp3) is 0.130. The first kappa shape index (κ1) is 18.6. The van der Waals surface area contributed by atoms with E-state index in [0.29, 0.717) is 11.5 Å². The first-order valence-corrected chi connectivity index (χ1v) is 9.19. The monoisotopic (exact) mass is 388 g/mol. The Labute approximate surface area is 168 Å². The topological polar surface area (TPSA) is 69.2 Å². The fourth-order valence-corrected chi connectivity index (χ4v) is 3.04. The van der Waals surface area contributed by atoms with Gasteiger partial charge in [0, 0.05) is 0 Å². The van der Waals surface area contributed by atoms with Crippen molar-refractivity contribution in [1.29, 1.82) is 0 Å². The van der Waals surface area contributed by atoms with Gasteiger partial charge in [-0.05, 0) is 47.5 Å². The van der Waals surface area contributed by atoms with Gasteiger partial charge < -0.3 is 14.2 Å². The lowest BCUT2D eigenvalue weighted by molar-refractivity contribution is -0.134. The number of nitrogens with one attached hydrogen (secondary N) is 1. The van der Waals surface area contributed by atoms with Gasteiger partial charge in [0.2, 0.25) is 6.10 Å². The third-order valence-corrected chi connectivity index (χ3v) is 4.52. The van der Waals surface area contributed by atoms with E-state index in [0.717, 1.165) is 16.9 Å². The Morgan fingerprint density at radius 3 is 2.28 bits per heavy atom. The van der Waals surface area contributed by atoms with Crippen LogP contribution in [0.3, 0.4) is 0 Å². The Bertz CT molecular complexity index is 1000. The van der Waals surface area contributed by atoms with Crippen LogP contribution in [0.1, 0.15) is 17.2 Å². The van der Waals surface area contributed by atoms with E-state index < -0.39 is 18.1 Å². The van der Waals surface area contributed by atoms with Crippen LogP contribution in [0.25, 0.3) is 0 Å². The van der Waals surface area contributed by atoms with Gasteiger partial charge in [-0.25, -0.2) is 5.43 Å². The second kappa shape index (κ2) is 8.48. The molecule has 0 unspecified atom stereocenters. The normalized spacial score (nSPS) is 17.7. The summed E-state index contributed by atoms with van der Waals surface area (Å²) in [5.74, 6) is 1.49. The minimum Gasteiger partial charge on any atom is -0.497 e. The first-order valence-electron chi connectivity index (χ1n) is 9.19. The van der Waals surface area contributed by atoms with Crippen LogP contribution >= 0.6 is 0 Å². The Kier molecular flexibility index (Phi) is 5.42. The van der Waals surface area contributed by atoms with E-state index in [-0.39, 0.29) is 0 Å². The largest absolute Gasteiger partial charge is 0.497 e. The van der Waals surface area contributed by atoms with E-state index in [4.69, 9.17) is 14.2 Å². The second-order valence-electron chi connectivity index (χ2n) is 6.44. The maximum absolute atomic E-state index is 12.8. The number of hydrogen-bond donors (Lipinski definition) is 1. The molecule has 4 rings (SSSR count). The lowest BCUT2D eigenvalue weighted by Crippen LogP contribution is -2.44. The highest BCUT2D eigenvalue weighted by atomic mass is 16.6. The van der Waals surface area contributed by atoms with Crippen LogP contribution < -0.4 is 19.6 Å². The van der Waals surface area contributed by atoms with Gasteiger partial charge >= 0.3 is 0 Å². The summed E-state index contributed by atoms with van der Waals surface area (Å²) in [6.45, 7) is 0. The predicted octanol–water partition coefficient (Wildman–Crippen LogP) is 3.73. The second-order valence-corrected chi connectivity index (χ2v) is 6.44. The van der Waals surface area contributed by atoms with Crippen molar-refractivity contribution in [3.63, 3.8) is 0 Å². The number of carbonyl (C=O) groups is 1. The molecule has 6 heteroatoms. The lowest BCUT2D eigenvalue weighted by atomic mass is 10.0. The zero-order valence-electron chi connectivity index (χ0n) is 15.8. The van der Waals surface area contributed by atoms with E-state index in [1.165, 1.54) is 0 Å². The fourth-order valence-electron chi connectivity index (χ4n) is 3.04. The molecule has 0 bridgehead atoms. The van der Waals surface area contributed by atoms with E-state index >= 15 is 0 Å². The SMILES string of the molecule is COc1ccc(/C=N\NC(=O)[C@H]2Oc3ccccc3O[C@@H]2c2ccccc2)cc1. The van der Waals surface area contributed by atoms with Crippen molar-refractivity contribution in [2.45, 2.75) is 12.2 Å².